The number of hydrogen-bond acceptors (Lipinski definition) is 2. The van der Waals surface area contributed by atoms with Gasteiger partial charge in [-0.1, -0.05) is 26.8 Å². The Balaban J connectivity index is 3.19. The molecule has 0 aromatic heterocycles. The van der Waals surface area contributed by atoms with E-state index in [0.29, 0.717) is 0 Å². The lowest BCUT2D eigenvalue weighted by Gasteiger charge is -2.21. The number of aromatic hydroxyl groups is 1. The number of phenolic OH excluding ortho intramolecular Hbond substituents is 1. The Bertz CT molecular complexity index is 370. The van der Waals surface area contributed by atoms with Gasteiger partial charge < -0.3 is 10.2 Å². The molecular formula is C12H16F2O2. The summed E-state index contributed by atoms with van der Waals surface area (Å²) in [7, 11) is 0. The first-order chi connectivity index (χ1) is 7.23. The van der Waals surface area contributed by atoms with Crippen molar-refractivity contribution in [3.8, 4) is 5.75 Å². The normalized spacial score (nSPS) is 14.2. The molecule has 4 heteroatoms. The Hall–Kier alpha value is -1.16. The van der Waals surface area contributed by atoms with Crippen LogP contribution in [0.1, 0.15) is 38.0 Å². The van der Waals surface area contributed by atoms with Crippen LogP contribution in [-0.4, -0.2) is 16.6 Å². The summed E-state index contributed by atoms with van der Waals surface area (Å²) in [6.07, 6.45) is -4.84. The van der Waals surface area contributed by atoms with Crippen LogP contribution in [0.25, 0.3) is 0 Å². The topological polar surface area (TPSA) is 40.5 Å². The number of aliphatic hydroxyl groups excluding tert-OH is 1. The fraction of sp³-hybridized carbons (Fsp3) is 0.500. The number of hydrogen-bond donors (Lipinski definition) is 2. The number of alkyl halides is 2. The second-order valence-electron chi connectivity index (χ2n) is 4.80. The van der Waals surface area contributed by atoms with Gasteiger partial charge in [-0.05, 0) is 23.1 Å². The molecule has 2 nitrogen and oxygen atoms in total. The van der Waals surface area contributed by atoms with Crippen molar-refractivity contribution < 1.29 is 19.0 Å². The van der Waals surface area contributed by atoms with Crippen molar-refractivity contribution in [1.29, 1.82) is 0 Å². The maximum Gasteiger partial charge on any atom is 0.268 e. The lowest BCUT2D eigenvalue weighted by atomic mass is 9.85. The van der Waals surface area contributed by atoms with Crippen LogP contribution >= 0.6 is 0 Å². The van der Waals surface area contributed by atoms with Crippen molar-refractivity contribution in [2.45, 2.75) is 38.7 Å². The third-order valence-electron chi connectivity index (χ3n) is 2.45. The summed E-state index contributed by atoms with van der Waals surface area (Å²) in [6.45, 7) is 5.79. The number of benzene rings is 1. The molecule has 0 heterocycles. The molecule has 90 valence electrons. The molecule has 0 radical (unpaired) electrons. The predicted molar refractivity (Wildman–Crippen MR) is 57.8 cm³/mol. The molecule has 1 atom stereocenters. The quantitative estimate of drug-likeness (QED) is 0.820. The average Bonchev–Trinajstić information content (AvgIpc) is 2.15. The van der Waals surface area contributed by atoms with Gasteiger partial charge in [0, 0.05) is 5.56 Å². The van der Waals surface area contributed by atoms with Gasteiger partial charge in [0.15, 0.2) is 0 Å². The molecule has 0 saturated carbocycles. The summed E-state index contributed by atoms with van der Waals surface area (Å²) in [5, 5.41) is 18.7. The highest BCUT2D eigenvalue weighted by atomic mass is 19.3. The first-order valence-corrected chi connectivity index (χ1v) is 5.03. The summed E-state index contributed by atoms with van der Waals surface area (Å²) in [5.74, 6) is -0.305. The number of aliphatic hydroxyl groups is 1. The zero-order valence-corrected chi connectivity index (χ0v) is 9.54. The fourth-order valence-electron chi connectivity index (χ4n) is 1.39. The van der Waals surface area contributed by atoms with E-state index in [0.717, 1.165) is 5.56 Å². The molecule has 1 aromatic rings. The van der Waals surface area contributed by atoms with Gasteiger partial charge in [-0.2, -0.15) is 0 Å². The molecule has 0 saturated heterocycles. The summed E-state index contributed by atoms with van der Waals surface area (Å²) < 4.78 is 24.7. The number of halogens is 2. The minimum Gasteiger partial charge on any atom is -0.508 e. The molecule has 0 aliphatic rings. The van der Waals surface area contributed by atoms with E-state index < -0.39 is 12.5 Å². The van der Waals surface area contributed by atoms with Crippen molar-refractivity contribution in [3.05, 3.63) is 29.3 Å². The highest BCUT2D eigenvalue weighted by Crippen LogP contribution is 2.33. The van der Waals surface area contributed by atoms with Gasteiger partial charge in [0.2, 0.25) is 0 Å². The van der Waals surface area contributed by atoms with E-state index in [9.17, 15) is 19.0 Å². The van der Waals surface area contributed by atoms with Crippen LogP contribution in [-0.2, 0) is 5.41 Å². The summed E-state index contributed by atoms with van der Waals surface area (Å²) in [4.78, 5) is 0. The fourth-order valence-corrected chi connectivity index (χ4v) is 1.39. The molecule has 0 spiro atoms. The third-order valence-corrected chi connectivity index (χ3v) is 2.45. The van der Waals surface area contributed by atoms with Crippen LogP contribution in [0.2, 0.25) is 0 Å². The molecule has 0 aliphatic heterocycles. The van der Waals surface area contributed by atoms with Gasteiger partial charge in [-0.3, -0.25) is 0 Å². The van der Waals surface area contributed by atoms with Crippen molar-refractivity contribution in [3.63, 3.8) is 0 Å². The molecule has 0 aliphatic carbocycles. The number of phenols is 1. The van der Waals surface area contributed by atoms with Crippen molar-refractivity contribution in [2.24, 2.45) is 0 Å². The van der Waals surface area contributed by atoms with E-state index in [1.54, 1.807) is 6.07 Å². The van der Waals surface area contributed by atoms with Crippen LogP contribution < -0.4 is 0 Å². The lowest BCUT2D eigenvalue weighted by Crippen LogP contribution is -2.14. The Morgan fingerprint density at radius 1 is 1.19 bits per heavy atom. The van der Waals surface area contributed by atoms with Crippen LogP contribution in [0, 0.1) is 0 Å². The Morgan fingerprint density at radius 3 is 2.19 bits per heavy atom. The van der Waals surface area contributed by atoms with Gasteiger partial charge in [-0.15, -0.1) is 0 Å². The van der Waals surface area contributed by atoms with Crippen LogP contribution in [0.3, 0.4) is 0 Å². The van der Waals surface area contributed by atoms with Crippen LogP contribution in [0.5, 0.6) is 5.75 Å². The second kappa shape index (κ2) is 4.37. The highest BCUT2D eigenvalue weighted by Gasteiger charge is 2.24. The molecule has 0 amide bonds. The maximum atomic E-state index is 12.4. The summed E-state index contributed by atoms with van der Waals surface area (Å²) in [6, 6.07) is 4.42. The smallest absolute Gasteiger partial charge is 0.268 e. The van der Waals surface area contributed by atoms with E-state index in [-0.39, 0.29) is 16.7 Å². The summed E-state index contributed by atoms with van der Waals surface area (Å²) in [5.41, 5.74) is 0.451. The van der Waals surface area contributed by atoms with Gasteiger partial charge >= 0.3 is 0 Å². The Morgan fingerprint density at radius 2 is 1.75 bits per heavy atom. The largest absolute Gasteiger partial charge is 0.508 e. The maximum absolute atomic E-state index is 12.4. The monoisotopic (exact) mass is 230 g/mol. The number of rotatable bonds is 2. The van der Waals surface area contributed by atoms with Gasteiger partial charge in [0.1, 0.15) is 11.9 Å². The zero-order chi connectivity index (χ0) is 12.5. The SMILES string of the molecule is CC(C)(C)c1ccc(O)c(C(O)C(F)F)c1. The van der Waals surface area contributed by atoms with E-state index in [1.165, 1.54) is 12.1 Å². The van der Waals surface area contributed by atoms with E-state index in [4.69, 9.17) is 0 Å². The molecule has 0 bridgehead atoms. The van der Waals surface area contributed by atoms with Crippen LogP contribution in [0.4, 0.5) is 8.78 Å². The van der Waals surface area contributed by atoms with Crippen molar-refractivity contribution >= 4 is 0 Å². The molecule has 1 aromatic carbocycles. The molecule has 16 heavy (non-hydrogen) atoms. The molecule has 1 rings (SSSR count). The third kappa shape index (κ3) is 2.70. The van der Waals surface area contributed by atoms with Gasteiger partial charge in [-0.25, -0.2) is 8.78 Å². The van der Waals surface area contributed by atoms with E-state index in [1.807, 2.05) is 20.8 Å². The minimum absolute atomic E-state index is 0.123. The Kier molecular flexibility index (Phi) is 3.53. The minimum atomic E-state index is -2.90. The second-order valence-corrected chi connectivity index (χ2v) is 4.80. The summed E-state index contributed by atoms with van der Waals surface area (Å²) >= 11 is 0. The van der Waals surface area contributed by atoms with Gasteiger partial charge in [0.25, 0.3) is 6.43 Å². The van der Waals surface area contributed by atoms with Crippen LogP contribution in [0.15, 0.2) is 18.2 Å². The molecular weight excluding hydrogens is 214 g/mol. The standard InChI is InChI=1S/C12H16F2O2/c1-12(2,3)7-4-5-9(15)8(6-7)10(16)11(13)14/h4-6,10-11,15-16H,1-3H3. The predicted octanol–water partition coefficient (Wildman–Crippen LogP) is 2.99. The lowest BCUT2D eigenvalue weighted by molar-refractivity contribution is -0.00705. The van der Waals surface area contributed by atoms with E-state index in [2.05, 4.69) is 0 Å². The Labute approximate surface area is 93.5 Å². The molecule has 0 fully saturated rings. The highest BCUT2D eigenvalue weighted by molar-refractivity contribution is 5.40. The van der Waals surface area contributed by atoms with E-state index >= 15 is 0 Å². The first-order valence-electron chi connectivity index (χ1n) is 5.03. The molecule has 1 unspecified atom stereocenters. The van der Waals surface area contributed by atoms with Gasteiger partial charge in [0.05, 0.1) is 0 Å². The average molecular weight is 230 g/mol. The van der Waals surface area contributed by atoms with Crippen molar-refractivity contribution in [2.75, 3.05) is 0 Å². The zero-order valence-electron chi connectivity index (χ0n) is 9.54. The first kappa shape index (κ1) is 12.9. The molecule has 2 N–H and O–H groups in total. The van der Waals surface area contributed by atoms with Crippen molar-refractivity contribution in [1.82, 2.24) is 0 Å².